The first-order valence-corrected chi connectivity index (χ1v) is 7.62. The highest BCUT2D eigenvalue weighted by atomic mass is 79.9. The molecule has 0 bridgehead atoms. The van der Waals surface area contributed by atoms with E-state index in [-0.39, 0.29) is 5.75 Å². The summed E-state index contributed by atoms with van der Waals surface area (Å²) in [6, 6.07) is 15.3. The molecule has 0 radical (unpaired) electrons. The number of rotatable bonds is 1. The van der Waals surface area contributed by atoms with E-state index in [1.807, 2.05) is 42.5 Å². The van der Waals surface area contributed by atoms with Crippen molar-refractivity contribution in [3.63, 3.8) is 0 Å². The second-order valence-corrected chi connectivity index (χ2v) is 6.21. The SMILES string of the molecule is Nc1c(Br)ccc(Br)c1-c1c(O)ccc2ccccc12. The van der Waals surface area contributed by atoms with Crippen molar-refractivity contribution in [1.29, 1.82) is 0 Å². The molecule has 0 aliphatic heterocycles. The van der Waals surface area contributed by atoms with Crippen LogP contribution in [0.3, 0.4) is 0 Å². The number of nitrogens with two attached hydrogens (primary N) is 1. The van der Waals surface area contributed by atoms with Gasteiger partial charge in [0, 0.05) is 20.1 Å². The Kier molecular flexibility index (Phi) is 3.44. The fraction of sp³-hybridized carbons (Fsp3) is 0. The molecule has 0 heterocycles. The quantitative estimate of drug-likeness (QED) is 0.550. The molecule has 3 N–H and O–H groups in total. The summed E-state index contributed by atoms with van der Waals surface area (Å²) in [6.45, 7) is 0. The molecule has 100 valence electrons. The number of anilines is 1. The lowest BCUT2D eigenvalue weighted by Gasteiger charge is -2.14. The van der Waals surface area contributed by atoms with Crippen LogP contribution in [0, 0.1) is 0 Å². The topological polar surface area (TPSA) is 46.2 Å². The summed E-state index contributed by atoms with van der Waals surface area (Å²) in [4.78, 5) is 0. The Morgan fingerprint density at radius 3 is 2.30 bits per heavy atom. The molecule has 0 aliphatic rings. The van der Waals surface area contributed by atoms with Crippen molar-refractivity contribution in [2.45, 2.75) is 0 Å². The summed E-state index contributed by atoms with van der Waals surface area (Å²) in [5.74, 6) is 0.217. The van der Waals surface area contributed by atoms with Gasteiger partial charge in [0.25, 0.3) is 0 Å². The maximum atomic E-state index is 10.3. The van der Waals surface area contributed by atoms with Crippen molar-refractivity contribution in [1.82, 2.24) is 0 Å². The molecule has 3 rings (SSSR count). The van der Waals surface area contributed by atoms with Crippen LogP contribution in [0.5, 0.6) is 5.75 Å². The van der Waals surface area contributed by atoms with Crippen molar-refractivity contribution >= 4 is 48.3 Å². The summed E-state index contributed by atoms with van der Waals surface area (Å²) in [6.07, 6.45) is 0. The number of hydrogen-bond donors (Lipinski definition) is 2. The fourth-order valence-electron chi connectivity index (χ4n) is 2.34. The van der Waals surface area contributed by atoms with E-state index in [1.54, 1.807) is 6.07 Å². The van der Waals surface area contributed by atoms with Crippen LogP contribution in [0.1, 0.15) is 0 Å². The third-order valence-corrected chi connectivity index (χ3v) is 4.65. The maximum absolute atomic E-state index is 10.3. The summed E-state index contributed by atoms with van der Waals surface area (Å²) in [5.41, 5.74) is 8.33. The first-order chi connectivity index (χ1) is 9.59. The second kappa shape index (κ2) is 5.11. The molecule has 0 atom stereocenters. The van der Waals surface area contributed by atoms with E-state index in [4.69, 9.17) is 5.73 Å². The molecule has 0 unspecified atom stereocenters. The van der Waals surface area contributed by atoms with Gasteiger partial charge in [0.2, 0.25) is 0 Å². The highest BCUT2D eigenvalue weighted by molar-refractivity contribution is 9.11. The monoisotopic (exact) mass is 391 g/mol. The zero-order valence-electron chi connectivity index (χ0n) is 10.4. The maximum Gasteiger partial charge on any atom is 0.124 e. The summed E-state index contributed by atoms with van der Waals surface area (Å²) < 4.78 is 1.66. The molecule has 0 aromatic heterocycles. The highest BCUT2D eigenvalue weighted by Gasteiger charge is 2.16. The number of nitrogen functional groups attached to an aromatic ring is 1. The number of phenolic OH excluding ortho intramolecular Hbond substituents is 1. The zero-order valence-corrected chi connectivity index (χ0v) is 13.6. The Bertz CT molecular complexity index is 815. The minimum atomic E-state index is 0.217. The van der Waals surface area contributed by atoms with Crippen LogP contribution >= 0.6 is 31.9 Å². The number of fused-ring (bicyclic) bond motifs is 1. The van der Waals surface area contributed by atoms with Gasteiger partial charge in [0.1, 0.15) is 5.75 Å². The second-order valence-electron chi connectivity index (χ2n) is 4.50. The number of aromatic hydroxyl groups is 1. The first-order valence-electron chi connectivity index (χ1n) is 6.04. The number of benzene rings is 3. The molecular weight excluding hydrogens is 382 g/mol. The Morgan fingerprint density at radius 1 is 0.800 bits per heavy atom. The molecule has 0 spiro atoms. The van der Waals surface area contributed by atoms with Gasteiger partial charge in [0.15, 0.2) is 0 Å². The molecule has 0 aliphatic carbocycles. The van der Waals surface area contributed by atoms with E-state index in [2.05, 4.69) is 31.9 Å². The van der Waals surface area contributed by atoms with E-state index >= 15 is 0 Å². The first kappa shape index (κ1) is 13.5. The molecule has 0 saturated carbocycles. The predicted molar refractivity (Wildman–Crippen MR) is 90.9 cm³/mol. The van der Waals surface area contributed by atoms with Crippen molar-refractivity contribution in [2.75, 3.05) is 5.73 Å². The Morgan fingerprint density at radius 2 is 1.50 bits per heavy atom. The van der Waals surface area contributed by atoms with Gasteiger partial charge in [-0.25, -0.2) is 0 Å². The van der Waals surface area contributed by atoms with Crippen LogP contribution in [0.25, 0.3) is 21.9 Å². The van der Waals surface area contributed by atoms with Crippen LogP contribution in [-0.4, -0.2) is 5.11 Å². The molecule has 3 aromatic rings. The molecule has 20 heavy (non-hydrogen) atoms. The molecule has 2 nitrogen and oxygen atoms in total. The van der Waals surface area contributed by atoms with Crippen molar-refractivity contribution in [3.05, 3.63) is 57.5 Å². The van der Waals surface area contributed by atoms with Crippen LogP contribution in [0.4, 0.5) is 5.69 Å². The molecule has 0 fully saturated rings. The van der Waals surface area contributed by atoms with Gasteiger partial charge in [-0.15, -0.1) is 0 Å². The third kappa shape index (κ3) is 2.09. The minimum Gasteiger partial charge on any atom is -0.507 e. The van der Waals surface area contributed by atoms with Crippen molar-refractivity contribution in [3.8, 4) is 16.9 Å². The van der Waals surface area contributed by atoms with Gasteiger partial charge in [-0.3, -0.25) is 0 Å². The van der Waals surface area contributed by atoms with Gasteiger partial charge >= 0.3 is 0 Å². The van der Waals surface area contributed by atoms with E-state index in [0.717, 1.165) is 30.8 Å². The van der Waals surface area contributed by atoms with Gasteiger partial charge in [-0.1, -0.05) is 46.3 Å². The molecule has 0 amide bonds. The zero-order chi connectivity index (χ0) is 14.3. The third-order valence-electron chi connectivity index (χ3n) is 3.30. The van der Waals surface area contributed by atoms with Crippen LogP contribution in [0.2, 0.25) is 0 Å². The van der Waals surface area contributed by atoms with E-state index in [1.165, 1.54) is 0 Å². The number of phenols is 1. The predicted octanol–water partition coefficient (Wildman–Crippen LogP) is 5.32. The number of hydrogen-bond acceptors (Lipinski definition) is 2. The van der Waals surface area contributed by atoms with Crippen LogP contribution in [0.15, 0.2) is 57.5 Å². The average molecular weight is 393 g/mol. The van der Waals surface area contributed by atoms with E-state index < -0.39 is 0 Å². The highest BCUT2D eigenvalue weighted by Crippen LogP contribution is 2.44. The standard InChI is InChI=1S/C16H11Br2NO/c17-11-6-7-12(18)16(19)15(11)14-10-4-2-1-3-9(10)5-8-13(14)20/h1-8,20H,19H2. The normalized spacial score (nSPS) is 10.9. The largest absolute Gasteiger partial charge is 0.507 e. The lowest BCUT2D eigenvalue weighted by molar-refractivity contribution is 0.478. The van der Waals surface area contributed by atoms with Crippen LogP contribution in [-0.2, 0) is 0 Å². The van der Waals surface area contributed by atoms with Gasteiger partial charge < -0.3 is 10.8 Å². The lowest BCUT2D eigenvalue weighted by Crippen LogP contribution is -1.94. The Hall–Kier alpha value is -1.52. The van der Waals surface area contributed by atoms with Gasteiger partial charge in [0.05, 0.1) is 5.69 Å². The minimum absolute atomic E-state index is 0.217. The fourth-order valence-corrected chi connectivity index (χ4v) is 3.22. The average Bonchev–Trinajstić information content (AvgIpc) is 2.45. The smallest absolute Gasteiger partial charge is 0.124 e. The summed E-state index contributed by atoms with van der Waals surface area (Å²) in [7, 11) is 0. The molecule has 4 heteroatoms. The van der Waals surface area contributed by atoms with Gasteiger partial charge in [-0.2, -0.15) is 0 Å². The molecule has 0 saturated heterocycles. The molecule has 3 aromatic carbocycles. The van der Waals surface area contributed by atoms with Gasteiger partial charge in [-0.05, 0) is 44.9 Å². The van der Waals surface area contributed by atoms with Crippen LogP contribution < -0.4 is 5.73 Å². The summed E-state index contributed by atoms with van der Waals surface area (Å²) >= 11 is 6.96. The van der Waals surface area contributed by atoms with Crippen molar-refractivity contribution in [2.24, 2.45) is 0 Å². The van der Waals surface area contributed by atoms with Crippen molar-refractivity contribution < 1.29 is 5.11 Å². The van der Waals surface area contributed by atoms with E-state index in [0.29, 0.717) is 5.69 Å². The lowest BCUT2D eigenvalue weighted by atomic mass is 9.96. The molecular formula is C16H11Br2NO. The van der Waals surface area contributed by atoms with E-state index in [9.17, 15) is 5.11 Å². The Balaban J connectivity index is 2.47. The number of halogens is 2. The Labute approximate surface area is 133 Å². The summed E-state index contributed by atoms with van der Waals surface area (Å²) in [5, 5.41) is 12.3.